The Bertz CT molecular complexity index is 838. The number of hydrogen-bond donors (Lipinski definition) is 5. The minimum absolute atomic E-state index is 0.178. The number of benzene rings is 1. The second kappa shape index (κ2) is 17.2. The summed E-state index contributed by atoms with van der Waals surface area (Å²) in [6.45, 7) is 4.91. The molecule has 0 heterocycles. The van der Waals surface area contributed by atoms with Gasteiger partial charge in [0.05, 0.1) is 0 Å². The summed E-state index contributed by atoms with van der Waals surface area (Å²) >= 11 is 0. The summed E-state index contributed by atoms with van der Waals surface area (Å²) in [5, 5.41) is 26.3. The number of phenols is 1. The zero-order chi connectivity index (χ0) is 25.2. The molecule has 9 heteroatoms. The van der Waals surface area contributed by atoms with Gasteiger partial charge in [-0.2, -0.15) is 0 Å². The fourth-order valence-electron chi connectivity index (χ4n) is 2.96. The molecule has 188 valence electrons. The number of hydrogen-bond acceptors (Lipinski definition) is 5. The Morgan fingerprint density at radius 2 is 1.76 bits per heavy atom. The number of aromatic hydroxyl groups is 1. The first kappa shape index (κ1) is 28.7. The van der Waals surface area contributed by atoms with E-state index in [9.17, 15) is 19.5 Å². The normalized spacial score (nSPS) is 12.1. The van der Waals surface area contributed by atoms with E-state index in [1.165, 1.54) is 12.1 Å². The highest BCUT2D eigenvalue weighted by molar-refractivity contribution is 5.95. The van der Waals surface area contributed by atoms with Crippen LogP contribution in [0.15, 0.2) is 42.5 Å². The predicted molar refractivity (Wildman–Crippen MR) is 132 cm³/mol. The summed E-state index contributed by atoms with van der Waals surface area (Å²) in [6.07, 6.45) is 13.5. The third-order valence-electron chi connectivity index (χ3n) is 4.78. The molecule has 0 saturated carbocycles. The number of amides is 3. The van der Waals surface area contributed by atoms with Crippen LogP contribution in [0.2, 0.25) is 0 Å². The number of carboxylic acids is 1. The van der Waals surface area contributed by atoms with E-state index in [0.717, 1.165) is 38.2 Å². The molecule has 3 amide bonds. The van der Waals surface area contributed by atoms with Crippen LogP contribution in [0.5, 0.6) is 5.75 Å². The summed E-state index contributed by atoms with van der Waals surface area (Å²) in [4.78, 5) is 35.3. The Hall–Kier alpha value is -3.33. The number of carbonyl (C=O) groups excluding carboxylic acids is 2. The van der Waals surface area contributed by atoms with Crippen LogP contribution in [-0.4, -0.2) is 53.9 Å². The van der Waals surface area contributed by atoms with E-state index in [0.29, 0.717) is 13.0 Å². The monoisotopic (exact) mass is 475 g/mol. The van der Waals surface area contributed by atoms with E-state index >= 15 is 0 Å². The average molecular weight is 476 g/mol. The second-order valence-corrected chi connectivity index (χ2v) is 7.56. The molecule has 0 aliphatic rings. The van der Waals surface area contributed by atoms with Crippen molar-refractivity contribution >= 4 is 23.6 Å². The molecule has 0 aliphatic carbocycles. The number of rotatable bonds is 16. The van der Waals surface area contributed by atoms with Crippen LogP contribution in [0.25, 0.3) is 0 Å². The van der Waals surface area contributed by atoms with Gasteiger partial charge in [-0.05, 0) is 56.7 Å². The standard InChI is InChI=1S/C25H37N3O6/c1-3-5-6-7-8-9-10-11-12-17-34-22(4-2)23(30)26-15-16-27-25(33)28-19-13-14-21(29)20(18-19)24(31)32/h5-6,8-9,13-14,18,22,29H,3-4,7,10-12,15-17H2,1-2H3,(H,26,30)(H,31,32)(H2,27,28,33)/b6-5-,9-8-/t22-/m1/s1. The molecular weight excluding hydrogens is 438 g/mol. The number of carboxylic acid groups (broad SMARTS) is 1. The zero-order valence-electron chi connectivity index (χ0n) is 20.0. The lowest BCUT2D eigenvalue weighted by molar-refractivity contribution is -0.133. The molecule has 0 bridgehead atoms. The lowest BCUT2D eigenvalue weighted by atomic mass is 10.2. The lowest BCUT2D eigenvalue weighted by Gasteiger charge is -2.16. The van der Waals surface area contributed by atoms with Gasteiger partial charge in [-0.3, -0.25) is 4.79 Å². The highest BCUT2D eigenvalue weighted by Gasteiger charge is 2.16. The molecule has 1 rings (SSSR count). The lowest BCUT2D eigenvalue weighted by Crippen LogP contribution is -2.41. The third kappa shape index (κ3) is 12.1. The maximum absolute atomic E-state index is 12.3. The zero-order valence-corrected chi connectivity index (χ0v) is 20.0. The Balaban J connectivity index is 2.21. The van der Waals surface area contributed by atoms with E-state index in [1.807, 2.05) is 6.92 Å². The van der Waals surface area contributed by atoms with Gasteiger partial charge in [0.25, 0.3) is 0 Å². The first-order chi connectivity index (χ1) is 16.4. The smallest absolute Gasteiger partial charge is 0.339 e. The van der Waals surface area contributed by atoms with Gasteiger partial charge in [-0.1, -0.05) is 38.2 Å². The average Bonchev–Trinajstić information content (AvgIpc) is 2.81. The third-order valence-corrected chi connectivity index (χ3v) is 4.78. The number of ether oxygens (including phenoxy) is 1. The molecule has 0 aromatic heterocycles. The fraction of sp³-hybridized carbons (Fsp3) is 0.480. The first-order valence-electron chi connectivity index (χ1n) is 11.7. The molecule has 0 spiro atoms. The Kier molecular flexibility index (Phi) is 14.5. The number of unbranched alkanes of at least 4 members (excludes halogenated alkanes) is 2. The van der Waals surface area contributed by atoms with E-state index in [2.05, 4.69) is 47.2 Å². The van der Waals surface area contributed by atoms with Crippen molar-refractivity contribution < 1.29 is 29.3 Å². The van der Waals surface area contributed by atoms with Crippen LogP contribution in [-0.2, 0) is 9.53 Å². The molecule has 0 unspecified atom stereocenters. The minimum atomic E-state index is -1.30. The molecule has 0 aliphatic heterocycles. The molecule has 5 N–H and O–H groups in total. The Morgan fingerprint density at radius 1 is 1.03 bits per heavy atom. The van der Waals surface area contributed by atoms with Crippen molar-refractivity contribution in [3.8, 4) is 5.75 Å². The van der Waals surface area contributed by atoms with Crippen molar-refractivity contribution in [2.75, 3.05) is 25.0 Å². The molecule has 1 aromatic rings. The molecule has 34 heavy (non-hydrogen) atoms. The van der Waals surface area contributed by atoms with Crippen LogP contribution in [0.4, 0.5) is 10.5 Å². The van der Waals surface area contributed by atoms with Gasteiger partial charge >= 0.3 is 12.0 Å². The van der Waals surface area contributed by atoms with Crippen molar-refractivity contribution in [2.24, 2.45) is 0 Å². The van der Waals surface area contributed by atoms with Gasteiger partial charge in [0.15, 0.2) is 0 Å². The van der Waals surface area contributed by atoms with Gasteiger partial charge < -0.3 is 30.9 Å². The minimum Gasteiger partial charge on any atom is -0.507 e. The number of allylic oxidation sites excluding steroid dienone is 4. The quantitative estimate of drug-likeness (QED) is 0.138. The largest absolute Gasteiger partial charge is 0.507 e. The van der Waals surface area contributed by atoms with Crippen LogP contribution < -0.4 is 16.0 Å². The van der Waals surface area contributed by atoms with Crippen molar-refractivity contribution in [1.82, 2.24) is 10.6 Å². The number of nitrogens with one attached hydrogen (secondary N) is 3. The van der Waals surface area contributed by atoms with E-state index in [4.69, 9.17) is 9.84 Å². The molecule has 9 nitrogen and oxygen atoms in total. The van der Waals surface area contributed by atoms with Crippen molar-refractivity contribution in [1.29, 1.82) is 0 Å². The van der Waals surface area contributed by atoms with Gasteiger partial charge in [0.1, 0.15) is 17.4 Å². The van der Waals surface area contributed by atoms with Crippen LogP contribution in [0, 0.1) is 0 Å². The molecule has 0 saturated heterocycles. The van der Waals surface area contributed by atoms with Gasteiger partial charge in [0.2, 0.25) is 5.91 Å². The van der Waals surface area contributed by atoms with E-state index in [-0.39, 0.29) is 36.0 Å². The van der Waals surface area contributed by atoms with E-state index in [1.54, 1.807) is 0 Å². The molecule has 0 radical (unpaired) electrons. The van der Waals surface area contributed by atoms with Crippen molar-refractivity contribution in [3.63, 3.8) is 0 Å². The highest BCUT2D eigenvalue weighted by Crippen LogP contribution is 2.21. The number of urea groups is 1. The summed E-state index contributed by atoms with van der Waals surface area (Å²) in [7, 11) is 0. The molecule has 0 fully saturated rings. The Morgan fingerprint density at radius 3 is 2.47 bits per heavy atom. The summed E-state index contributed by atoms with van der Waals surface area (Å²) in [5.74, 6) is -1.91. The summed E-state index contributed by atoms with van der Waals surface area (Å²) < 4.78 is 5.69. The summed E-state index contributed by atoms with van der Waals surface area (Å²) in [5.41, 5.74) is -0.0908. The van der Waals surface area contributed by atoms with Gasteiger partial charge in [0, 0.05) is 25.4 Å². The summed E-state index contributed by atoms with van der Waals surface area (Å²) in [6, 6.07) is 3.17. The van der Waals surface area contributed by atoms with Crippen LogP contribution >= 0.6 is 0 Å². The highest BCUT2D eigenvalue weighted by atomic mass is 16.5. The van der Waals surface area contributed by atoms with Crippen LogP contribution in [0.3, 0.4) is 0 Å². The van der Waals surface area contributed by atoms with Crippen LogP contribution in [0.1, 0.15) is 62.7 Å². The number of aromatic carboxylic acids is 1. The van der Waals surface area contributed by atoms with Gasteiger partial charge in [-0.25, -0.2) is 9.59 Å². The maximum Gasteiger partial charge on any atom is 0.339 e. The fourth-order valence-corrected chi connectivity index (χ4v) is 2.96. The van der Waals surface area contributed by atoms with Gasteiger partial charge in [-0.15, -0.1) is 0 Å². The Labute approximate surface area is 201 Å². The van der Waals surface area contributed by atoms with E-state index < -0.39 is 18.1 Å². The predicted octanol–water partition coefficient (Wildman–Crippen LogP) is 4.21. The SMILES string of the molecule is CC/C=C\C/C=C\CCCCO[C@H](CC)C(=O)NCCNC(=O)Nc1ccc(O)c(C(=O)O)c1. The second-order valence-electron chi connectivity index (χ2n) is 7.56. The topological polar surface area (TPSA) is 137 Å². The van der Waals surface area contributed by atoms with Crippen molar-refractivity contribution in [3.05, 3.63) is 48.1 Å². The molecule has 1 atom stereocenters. The number of anilines is 1. The molecular formula is C25H37N3O6. The number of carbonyl (C=O) groups is 3. The maximum atomic E-state index is 12.3. The first-order valence-corrected chi connectivity index (χ1v) is 11.7. The van der Waals surface area contributed by atoms with Crippen molar-refractivity contribution in [2.45, 2.75) is 58.5 Å². The molecule has 1 aromatic carbocycles.